The van der Waals surface area contributed by atoms with Crippen LogP contribution in [0.5, 0.6) is 0 Å². The van der Waals surface area contributed by atoms with Crippen LogP contribution in [0.1, 0.15) is 62.6 Å². The molecule has 1 saturated carbocycles. The monoisotopic (exact) mass is 502 g/mol. The van der Waals surface area contributed by atoms with E-state index >= 15 is 0 Å². The summed E-state index contributed by atoms with van der Waals surface area (Å²) in [6, 6.07) is 11.6. The molecule has 1 aromatic carbocycles. The maximum Gasteiger partial charge on any atom is 0.317 e. The quantitative estimate of drug-likeness (QED) is 0.614. The second-order valence-corrected chi connectivity index (χ2v) is 10.9. The van der Waals surface area contributed by atoms with Gasteiger partial charge in [0.2, 0.25) is 0 Å². The van der Waals surface area contributed by atoms with Gasteiger partial charge in [-0.3, -0.25) is 0 Å². The first kappa shape index (κ1) is 25.3. The van der Waals surface area contributed by atoms with Crippen molar-refractivity contribution in [2.75, 3.05) is 43.9 Å². The van der Waals surface area contributed by atoms with Gasteiger partial charge in [0, 0.05) is 38.4 Å². The third kappa shape index (κ3) is 5.80. The van der Waals surface area contributed by atoms with Gasteiger partial charge in [-0.15, -0.1) is 0 Å². The molecule has 2 aromatic rings. The molecule has 3 fully saturated rings. The van der Waals surface area contributed by atoms with Crippen LogP contribution in [-0.4, -0.2) is 77.7 Å². The molecule has 1 aliphatic carbocycles. The van der Waals surface area contributed by atoms with Gasteiger partial charge in [-0.1, -0.05) is 12.1 Å². The highest BCUT2D eigenvalue weighted by Crippen LogP contribution is 2.35. The van der Waals surface area contributed by atoms with Crippen molar-refractivity contribution in [1.82, 2.24) is 25.1 Å². The number of nitrogens with zero attached hydrogens (tertiary/aromatic N) is 6. The molecule has 3 heterocycles. The zero-order valence-corrected chi connectivity index (χ0v) is 22.2. The predicted molar refractivity (Wildman–Crippen MR) is 145 cm³/mol. The second-order valence-electron chi connectivity index (χ2n) is 10.9. The van der Waals surface area contributed by atoms with Gasteiger partial charge in [-0.25, -0.2) is 14.8 Å². The van der Waals surface area contributed by atoms with E-state index in [2.05, 4.69) is 62.7 Å². The molecule has 2 aliphatic heterocycles. The summed E-state index contributed by atoms with van der Waals surface area (Å²) in [6.07, 6.45) is 8.71. The number of amides is 2. The van der Waals surface area contributed by atoms with E-state index in [9.17, 15) is 10.1 Å². The van der Waals surface area contributed by atoms with E-state index < -0.39 is 0 Å². The lowest BCUT2D eigenvalue weighted by atomic mass is 9.89. The van der Waals surface area contributed by atoms with E-state index in [1.807, 2.05) is 0 Å². The average molecular weight is 503 g/mol. The van der Waals surface area contributed by atoms with Gasteiger partial charge in [-0.05, 0) is 82.2 Å². The third-order valence-corrected chi connectivity index (χ3v) is 8.10. The zero-order chi connectivity index (χ0) is 25.9. The molecule has 5 rings (SSSR count). The molecule has 2 N–H and O–H groups in total. The number of nitriles is 1. The first-order chi connectivity index (χ1) is 17.9. The van der Waals surface area contributed by atoms with Gasteiger partial charge in [-0.2, -0.15) is 5.26 Å². The van der Waals surface area contributed by atoms with Crippen molar-refractivity contribution in [3.8, 4) is 6.07 Å². The van der Waals surface area contributed by atoms with Gasteiger partial charge in [0.25, 0.3) is 0 Å². The van der Waals surface area contributed by atoms with Crippen molar-refractivity contribution in [3.05, 3.63) is 41.7 Å². The van der Waals surface area contributed by atoms with Crippen LogP contribution in [0.15, 0.2) is 30.5 Å². The Hall–Kier alpha value is -3.38. The minimum absolute atomic E-state index is 0.0150. The smallest absolute Gasteiger partial charge is 0.317 e. The fourth-order valence-electron chi connectivity index (χ4n) is 5.65. The average Bonchev–Trinajstić information content (AvgIpc) is 3.76. The number of rotatable bonds is 6. The molecule has 9 nitrogen and oxygen atoms in total. The highest BCUT2D eigenvalue weighted by molar-refractivity contribution is 5.74. The summed E-state index contributed by atoms with van der Waals surface area (Å²) >= 11 is 0. The summed E-state index contributed by atoms with van der Waals surface area (Å²) in [6.45, 7) is 5.33. The molecule has 9 heteroatoms. The molecular weight excluding hydrogens is 464 g/mol. The molecule has 2 amide bonds. The van der Waals surface area contributed by atoms with Crippen LogP contribution in [0, 0.1) is 11.3 Å². The molecule has 0 unspecified atom stereocenters. The van der Waals surface area contributed by atoms with Crippen molar-refractivity contribution < 1.29 is 4.79 Å². The van der Waals surface area contributed by atoms with Gasteiger partial charge >= 0.3 is 6.03 Å². The standard InChI is InChI=1S/C28H38N8O/c1-19-24(32-28(37)34(2)3)5-4-14-36(19)26-18-30-25(17-29)27(33-26)31-22-8-6-20(7-9-22)21-12-15-35(16-13-21)23-10-11-23/h6-9,18-19,21,23-24H,4-5,10-16H2,1-3H3,(H,31,33)(H,32,37)/t19-,24-/m1/s1. The van der Waals surface area contributed by atoms with Crippen LogP contribution in [-0.2, 0) is 0 Å². The SMILES string of the molecule is C[C@@H]1[C@H](NC(=O)N(C)C)CCCN1c1cnc(C#N)c(Nc2ccc(C3CCN(C4CC4)CC3)cc2)n1. The summed E-state index contributed by atoms with van der Waals surface area (Å²) in [7, 11) is 3.49. The van der Waals surface area contributed by atoms with E-state index in [1.165, 1.54) is 44.3 Å². The van der Waals surface area contributed by atoms with Crippen LogP contribution in [0.3, 0.4) is 0 Å². The molecule has 196 valence electrons. The molecule has 2 atom stereocenters. The summed E-state index contributed by atoms with van der Waals surface area (Å²) < 4.78 is 0. The summed E-state index contributed by atoms with van der Waals surface area (Å²) in [5.74, 6) is 1.78. The van der Waals surface area contributed by atoms with Gasteiger partial charge in [0.1, 0.15) is 11.9 Å². The summed E-state index contributed by atoms with van der Waals surface area (Å²) in [5.41, 5.74) is 2.54. The lowest BCUT2D eigenvalue weighted by molar-refractivity contribution is 0.203. The Kier molecular flexibility index (Phi) is 7.47. The number of carbonyl (C=O) groups excluding carboxylic acids is 1. The van der Waals surface area contributed by atoms with Gasteiger partial charge in [0.05, 0.1) is 12.2 Å². The van der Waals surface area contributed by atoms with E-state index in [-0.39, 0.29) is 23.8 Å². The summed E-state index contributed by atoms with van der Waals surface area (Å²) in [4.78, 5) is 27.8. The number of urea groups is 1. The number of hydrogen-bond acceptors (Lipinski definition) is 7. The fourth-order valence-corrected chi connectivity index (χ4v) is 5.65. The number of hydrogen-bond donors (Lipinski definition) is 2. The van der Waals surface area contributed by atoms with E-state index in [0.717, 1.165) is 31.1 Å². The fraction of sp³-hybridized carbons (Fsp3) is 0.571. The Morgan fingerprint density at radius 1 is 1.08 bits per heavy atom. The third-order valence-electron chi connectivity index (χ3n) is 8.10. The maximum absolute atomic E-state index is 12.2. The molecule has 1 aromatic heterocycles. The molecule has 2 saturated heterocycles. The van der Waals surface area contributed by atoms with E-state index in [0.29, 0.717) is 17.6 Å². The number of piperidine rings is 2. The van der Waals surface area contributed by atoms with Crippen LogP contribution in [0.25, 0.3) is 0 Å². The highest BCUT2D eigenvalue weighted by Gasteiger charge is 2.32. The van der Waals surface area contributed by atoms with Crippen LogP contribution >= 0.6 is 0 Å². The molecule has 0 radical (unpaired) electrons. The minimum Gasteiger partial charge on any atom is -0.350 e. The Morgan fingerprint density at radius 3 is 2.46 bits per heavy atom. The second kappa shape index (κ2) is 10.9. The highest BCUT2D eigenvalue weighted by atomic mass is 16.2. The topological polar surface area (TPSA) is 100 Å². The summed E-state index contributed by atoms with van der Waals surface area (Å²) in [5, 5.41) is 16.1. The number of nitrogens with one attached hydrogen (secondary N) is 2. The normalized spacial score (nSPS) is 22.8. The van der Waals surface area contributed by atoms with Crippen LogP contribution < -0.4 is 15.5 Å². The number of aromatic nitrogens is 2. The van der Waals surface area contributed by atoms with E-state index in [4.69, 9.17) is 4.98 Å². The van der Waals surface area contributed by atoms with Crippen molar-refractivity contribution >= 4 is 23.4 Å². The first-order valence-electron chi connectivity index (χ1n) is 13.6. The van der Waals surface area contributed by atoms with Gasteiger partial charge < -0.3 is 25.3 Å². The minimum atomic E-state index is -0.0936. The predicted octanol–water partition coefficient (Wildman–Crippen LogP) is 4.06. The van der Waals surface area contributed by atoms with Crippen LogP contribution in [0.2, 0.25) is 0 Å². The van der Waals surface area contributed by atoms with E-state index in [1.54, 1.807) is 25.2 Å². The Morgan fingerprint density at radius 2 is 1.81 bits per heavy atom. The number of likely N-dealkylation sites (tertiary alicyclic amines) is 1. The van der Waals surface area contributed by atoms with Crippen molar-refractivity contribution in [2.24, 2.45) is 0 Å². The molecule has 0 spiro atoms. The Balaban J connectivity index is 1.27. The van der Waals surface area contributed by atoms with Crippen LogP contribution in [0.4, 0.5) is 22.1 Å². The Bertz CT molecular complexity index is 1130. The molecule has 37 heavy (non-hydrogen) atoms. The lowest BCUT2D eigenvalue weighted by Crippen LogP contribution is -2.56. The zero-order valence-electron chi connectivity index (χ0n) is 22.2. The molecular formula is C28H38N8O. The Labute approximate surface area is 219 Å². The largest absolute Gasteiger partial charge is 0.350 e. The molecule has 0 bridgehead atoms. The van der Waals surface area contributed by atoms with Crippen molar-refractivity contribution in [2.45, 2.75) is 69.5 Å². The number of benzene rings is 1. The number of anilines is 3. The lowest BCUT2D eigenvalue weighted by Gasteiger charge is -2.40. The van der Waals surface area contributed by atoms with Crippen molar-refractivity contribution in [1.29, 1.82) is 5.26 Å². The van der Waals surface area contributed by atoms with Crippen molar-refractivity contribution in [3.63, 3.8) is 0 Å². The first-order valence-corrected chi connectivity index (χ1v) is 13.6. The maximum atomic E-state index is 12.2. The van der Waals surface area contributed by atoms with Gasteiger partial charge in [0.15, 0.2) is 11.5 Å². The number of carbonyl (C=O) groups is 1. The molecule has 3 aliphatic rings.